The predicted molar refractivity (Wildman–Crippen MR) is 112 cm³/mol. The van der Waals surface area contributed by atoms with Crippen LogP contribution in [0.2, 0.25) is 5.02 Å². The molecular formula is C23H22ClN3. The molecule has 1 saturated heterocycles. The molecular weight excluding hydrogens is 354 g/mol. The largest absolute Gasteiger partial charge is 0.302 e. The van der Waals surface area contributed by atoms with Gasteiger partial charge in [0.2, 0.25) is 0 Å². The van der Waals surface area contributed by atoms with Crippen LogP contribution < -0.4 is 0 Å². The summed E-state index contributed by atoms with van der Waals surface area (Å²) < 4.78 is 2.28. The summed E-state index contributed by atoms with van der Waals surface area (Å²) in [5, 5.41) is 3.17. The lowest BCUT2D eigenvalue weighted by molar-refractivity contribution is 0.218. The molecule has 2 aromatic heterocycles. The van der Waals surface area contributed by atoms with E-state index < -0.39 is 0 Å². The van der Waals surface area contributed by atoms with Gasteiger partial charge in [0.15, 0.2) is 0 Å². The number of hydrogen-bond donors (Lipinski definition) is 0. The topological polar surface area (TPSA) is 20.5 Å². The zero-order valence-corrected chi connectivity index (χ0v) is 16.0. The fourth-order valence-corrected chi connectivity index (χ4v) is 4.26. The van der Waals surface area contributed by atoms with Gasteiger partial charge < -0.3 is 4.40 Å². The molecule has 5 rings (SSSR count). The maximum Gasteiger partial charge on any atom is 0.145 e. The Hall–Kier alpha value is -2.36. The number of benzene rings is 2. The predicted octanol–water partition coefficient (Wildman–Crippen LogP) is 5.79. The first-order valence-corrected chi connectivity index (χ1v) is 10.0. The molecule has 0 bridgehead atoms. The summed E-state index contributed by atoms with van der Waals surface area (Å²) in [5.41, 5.74) is 4.48. The van der Waals surface area contributed by atoms with Crippen LogP contribution >= 0.6 is 11.6 Å². The third-order valence-corrected chi connectivity index (χ3v) is 5.81. The average molecular weight is 376 g/mol. The highest BCUT2D eigenvalue weighted by Gasteiger charge is 2.19. The van der Waals surface area contributed by atoms with Crippen molar-refractivity contribution in [3.8, 4) is 11.3 Å². The summed E-state index contributed by atoms with van der Waals surface area (Å²) in [7, 11) is 0. The maximum absolute atomic E-state index is 6.12. The van der Waals surface area contributed by atoms with E-state index in [0.717, 1.165) is 28.5 Å². The Kier molecular flexibility index (Phi) is 4.35. The second-order valence-electron chi connectivity index (χ2n) is 7.35. The van der Waals surface area contributed by atoms with Crippen LogP contribution in [0.1, 0.15) is 25.0 Å². The van der Waals surface area contributed by atoms with Crippen LogP contribution in [0.3, 0.4) is 0 Å². The molecule has 1 fully saturated rings. The molecule has 2 aromatic carbocycles. The maximum atomic E-state index is 6.12. The molecule has 0 amide bonds. The second-order valence-corrected chi connectivity index (χ2v) is 7.78. The lowest BCUT2D eigenvalue weighted by Gasteiger charge is -2.26. The Morgan fingerprint density at radius 1 is 0.889 bits per heavy atom. The zero-order chi connectivity index (χ0) is 18.2. The summed E-state index contributed by atoms with van der Waals surface area (Å²) in [6.45, 7) is 3.26. The molecule has 1 aliphatic heterocycles. The van der Waals surface area contributed by atoms with E-state index in [0.29, 0.717) is 0 Å². The van der Waals surface area contributed by atoms with E-state index in [1.165, 1.54) is 48.8 Å². The number of pyridine rings is 1. The monoisotopic (exact) mass is 375 g/mol. The molecule has 27 heavy (non-hydrogen) atoms. The number of imidazole rings is 1. The zero-order valence-electron chi connectivity index (χ0n) is 15.2. The van der Waals surface area contributed by atoms with Gasteiger partial charge in [-0.05, 0) is 49.5 Å². The summed E-state index contributed by atoms with van der Waals surface area (Å²) in [6.07, 6.45) is 6.09. The Bertz CT molecular complexity index is 1090. The Balaban J connectivity index is 1.71. The third kappa shape index (κ3) is 3.11. The minimum atomic E-state index is 0.755. The van der Waals surface area contributed by atoms with Crippen LogP contribution in [0.25, 0.3) is 27.7 Å². The van der Waals surface area contributed by atoms with E-state index in [1.807, 2.05) is 12.1 Å². The Labute approximate surface area is 164 Å². The van der Waals surface area contributed by atoms with Gasteiger partial charge in [0.05, 0.1) is 11.4 Å². The molecule has 0 unspecified atom stereocenters. The van der Waals surface area contributed by atoms with Crippen molar-refractivity contribution in [1.29, 1.82) is 0 Å². The number of likely N-dealkylation sites (tertiary alicyclic amines) is 1. The number of halogens is 1. The third-order valence-electron chi connectivity index (χ3n) is 5.55. The van der Waals surface area contributed by atoms with E-state index in [9.17, 15) is 0 Å². The van der Waals surface area contributed by atoms with Crippen LogP contribution in [0, 0.1) is 0 Å². The minimum absolute atomic E-state index is 0.755. The first kappa shape index (κ1) is 16.8. The Morgan fingerprint density at radius 3 is 2.48 bits per heavy atom. The molecule has 1 aliphatic rings. The van der Waals surface area contributed by atoms with Gasteiger partial charge in [-0.25, -0.2) is 4.98 Å². The number of aromatic nitrogens is 2. The van der Waals surface area contributed by atoms with E-state index in [-0.39, 0.29) is 0 Å². The van der Waals surface area contributed by atoms with E-state index >= 15 is 0 Å². The lowest BCUT2D eigenvalue weighted by atomic mass is 10.1. The number of hydrogen-bond acceptors (Lipinski definition) is 2. The molecule has 0 radical (unpaired) electrons. The van der Waals surface area contributed by atoms with Crippen molar-refractivity contribution in [2.45, 2.75) is 25.8 Å². The van der Waals surface area contributed by atoms with Crippen LogP contribution in [0.5, 0.6) is 0 Å². The van der Waals surface area contributed by atoms with Gasteiger partial charge in [-0.15, -0.1) is 0 Å². The van der Waals surface area contributed by atoms with Gasteiger partial charge in [0.25, 0.3) is 0 Å². The van der Waals surface area contributed by atoms with Crippen LogP contribution in [-0.2, 0) is 6.54 Å². The molecule has 0 atom stereocenters. The molecule has 0 N–H and O–H groups in total. The van der Waals surface area contributed by atoms with Crippen molar-refractivity contribution in [3.63, 3.8) is 0 Å². The van der Waals surface area contributed by atoms with E-state index in [1.54, 1.807) is 0 Å². The van der Waals surface area contributed by atoms with E-state index in [2.05, 4.69) is 58.0 Å². The highest BCUT2D eigenvalue weighted by molar-refractivity contribution is 6.30. The summed E-state index contributed by atoms with van der Waals surface area (Å²) in [5.74, 6) is 0. The van der Waals surface area contributed by atoms with Crippen molar-refractivity contribution >= 4 is 28.0 Å². The van der Waals surface area contributed by atoms with Crippen LogP contribution in [0.15, 0.2) is 60.8 Å². The molecule has 3 nitrogen and oxygen atoms in total. The van der Waals surface area contributed by atoms with Crippen LogP contribution in [-0.4, -0.2) is 27.4 Å². The second kappa shape index (κ2) is 6.99. The fourth-order valence-electron chi connectivity index (χ4n) is 4.14. The van der Waals surface area contributed by atoms with Crippen molar-refractivity contribution < 1.29 is 0 Å². The quantitative estimate of drug-likeness (QED) is 0.451. The lowest BCUT2D eigenvalue weighted by Crippen LogP contribution is -2.29. The van der Waals surface area contributed by atoms with Crippen LogP contribution in [0.4, 0.5) is 0 Å². The van der Waals surface area contributed by atoms with Gasteiger partial charge in [-0.1, -0.05) is 54.4 Å². The summed E-state index contributed by atoms with van der Waals surface area (Å²) in [4.78, 5) is 7.66. The highest BCUT2D eigenvalue weighted by atomic mass is 35.5. The average Bonchev–Trinajstić information content (AvgIpc) is 3.08. The van der Waals surface area contributed by atoms with Crippen molar-refractivity contribution in [3.05, 3.63) is 71.5 Å². The van der Waals surface area contributed by atoms with E-state index in [4.69, 9.17) is 16.6 Å². The van der Waals surface area contributed by atoms with Gasteiger partial charge in [-0.3, -0.25) is 4.90 Å². The fraction of sp³-hybridized carbons (Fsp3) is 0.261. The molecule has 0 saturated carbocycles. The normalized spacial score (nSPS) is 15.6. The Morgan fingerprint density at radius 2 is 1.67 bits per heavy atom. The molecule has 3 heterocycles. The number of rotatable bonds is 3. The number of nitrogens with zero attached hydrogens (tertiary/aromatic N) is 3. The van der Waals surface area contributed by atoms with Crippen molar-refractivity contribution in [2.75, 3.05) is 13.1 Å². The first-order valence-electron chi connectivity index (χ1n) is 9.66. The molecule has 4 aromatic rings. The smallest absolute Gasteiger partial charge is 0.145 e. The van der Waals surface area contributed by atoms with Crippen molar-refractivity contribution in [1.82, 2.24) is 14.3 Å². The van der Waals surface area contributed by atoms with Gasteiger partial charge in [0.1, 0.15) is 5.65 Å². The molecule has 136 valence electrons. The first-order chi connectivity index (χ1) is 13.3. The molecule has 0 spiro atoms. The van der Waals surface area contributed by atoms with Gasteiger partial charge >= 0.3 is 0 Å². The highest BCUT2D eigenvalue weighted by Crippen LogP contribution is 2.30. The van der Waals surface area contributed by atoms with Gasteiger partial charge in [0, 0.05) is 28.7 Å². The standard InChI is InChI=1S/C23H22ClN3/c24-19-10-8-18(9-11-19)22-21(16-26-13-4-1-5-14-26)27-15-12-17-6-2-3-7-20(17)23(27)25-22/h2-3,6-12,15H,1,4-5,13-14,16H2. The number of piperidine rings is 1. The molecule has 4 heteroatoms. The van der Waals surface area contributed by atoms with Gasteiger partial charge in [-0.2, -0.15) is 0 Å². The summed E-state index contributed by atoms with van der Waals surface area (Å²) >= 11 is 6.12. The van der Waals surface area contributed by atoms with Crippen molar-refractivity contribution in [2.24, 2.45) is 0 Å². The SMILES string of the molecule is Clc1ccc(-c2nc3c4ccccc4ccn3c2CN2CCCCC2)cc1. The number of fused-ring (bicyclic) bond motifs is 3. The minimum Gasteiger partial charge on any atom is -0.302 e. The summed E-state index contributed by atoms with van der Waals surface area (Å²) in [6, 6.07) is 18.7. The molecule has 0 aliphatic carbocycles.